The summed E-state index contributed by atoms with van der Waals surface area (Å²) in [5.41, 5.74) is 0. The van der Waals surface area contributed by atoms with Gasteiger partial charge in [0.25, 0.3) is 0 Å². The van der Waals surface area contributed by atoms with E-state index < -0.39 is 0 Å². The molecule has 1 nitrogen and oxygen atoms in total. The van der Waals surface area contributed by atoms with Crippen LogP contribution < -0.4 is 0 Å². The van der Waals surface area contributed by atoms with Gasteiger partial charge in [-0.05, 0) is 20.8 Å². The van der Waals surface area contributed by atoms with Crippen LogP contribution in [0.15, 0.2) is 25.3 Å². The molecule has 0 radical (unpaired) electrons. The predicted molar refractivity (Wildman–Crippen MR) is 47.2 cm³/mol. The SMILES string of the molecule is C=CC.C=CC.CC1CO1. The molecule has 0 aromatic heterocycles. The van der Waals surface area contributed by atoms with E-state index in [0.29, 0.717) is 6.10 Å². The Morgan fingerprint density at radius 2 is 1.40 bits per heavy atom. The first-order valence-electron chi connectivity index (χ1n) is 3.48. The van der Waals surface area contributed by atoms with Crippen molar-refractivity contribution in [2.75, 3.05) is 6.61 Å². The molecule has 0 N–H and O–H groups in total. The Labute approximate surface area is 64.4 Å². The van der Waals surface area contributed by atoms with Crippen molar-refractivity contribution in [2.45, 2.75) is 26.9 Å². The van der Waals surface area contributed by atoms with E-state index in [1.807, 2.05) is 13.8 Å². The predicted octanol–water partition coefficient (Wildman–Crippen LogP) is 2.79. The van der Waals surface area contributed by atoms with E-state index in [2.05, 4.69) is 20.1 Å². The third-order valence-electron chi connectivity index (χ3n) is 0.500. The second kappa shape index (κ2) is 11.3. The first-order valence-corrected chi connectivity index (χ1v) is 3.48. The molecule has 1 heteroatoms. The van der Waals surface area contributed by atoms with E-state index in [1.54, 1.807) is 12.2 Å². The van der Waals surface area contributed by atoms with Gasteiger partial charge in [-0.15, -0.1) is 13.2 Å². The number of rotatable bonds is 0. The fraction of sp³-hybridized carbons (Fsp3) is 0.556. The van der Waals surface area contributed by atoms with E-state index in [9.17, 15) is 0 Å². The van der Waals surface area contributed by atoms with Crippen molar-refractivity contribution in [3.63, 3.8) is 0 Å². The van der Waals surface area contributed by atoms with Crippen LogP contribution in [-0.4, -0.2) is 12.7 Å². The van der Waals surface area contributed by atoms with Crippen LogP contribution in [0.3, 0.4) is 0 Å². The molecule has 0 bridgehead atoms. The molecule has 0 spiro atoms. The Kier molecular flexibility index (Phi) is 13.7. The molecule has 1 aliphatic rings. The Hall–Kier alpha value is -0.560. The summed E-state index contributed by atoms with van der Waals surface area (Å²) in [5, 5.41) is 0. The Balaban J connectivity index is 0. The molecule has 60 valence electrons. The first kappa shape index (κ1) is 12.1. The quantitative estimate of drug-likeness (QED) is 0.374. The van der Waals surface area contributed by atoms with E-state index in [0.717, 1.165) is 6.61 Å². The second-order valence-electron chi connectivity index (χ2n) is 1.96. The Bertz CT molecular complexity index is 66.8. The smallest absolute Gasteiger partial charge is 0.0781 e. The minimum absolute atomic E-state index is 0.583. The molecule has 1 rings (SSSR count). The largest absolute Gasteiger partial charge is 0.373 e. The third-order valence-corrected chi connectivity index (χ3v) is 0.500. The molecule has 0 aromatic rings. The summed E-state index contributed by atoms with van der Waals surface area (Å²) in [6.45, 7) is 13.5. The molecule has 1 aliphatic heterocycles. The zero-order chi connectivity index (χ0) is 8.41. The lowest BCUT2D eigenvalue weighted by Gasteiger charge is -1.50. The maximum absolute atomic E-state index is 4.71. The lowest BCUT2D eigenvalue weighted by atomic mass is 10.6. The van der Waals surface area contributed by atoms with Crippen LogP contribution in [0.1, 0.15) is 20.8 Å². The molecule has 10 heavy (non-hydrogen) atoms. The fourth-order valence-electron chi connectivity index (χ4n) is 0.0962. The van der Waals surface area contributed by atoms with Crippen LogP contribution in [0, 0.1) is 0 Å². The second-order valence-corrected chi connectivity index (χ2v) is 1.96. The Morgan fingerprint density at radius 1 is 1.30 bits per heavy atom. The average Bonchev–Trinajstić information content (AvgIpc) is 2.55. The molecular weight excluding hydrogens is 124 g/mol. The molecule has 0 aliphatic carbocycles. The standard InChI is InChI=1S/C3H6O.2C3H6/c1-3-2-4-3;2*1-3-2/h3H,2H2,1H3;2*3H,1H2,2H3. The number of hydrogen-bond donors (Lipinski definition) is 0. The highest BCUT2D eigenvalue weighted by Crippen LogP contribution is 2.04. The summed E-state index contributed by atoms with van der Waals surface area (Å²) in [6, 6.07) is 0. The lowest BCUT2D eigenvalue weighted by molar-refractivity contribution is 0.423. The molecule has 1 saturated heterocycles. The normalized spacial score (nSPS) is 18.5. The minimum Gasteiger partial charge on any atom is -0.373 e. The fourth-order valence-corrected chi connectivity index (χ4v) is 0.0962. The van der Waals surface area contributed by atoms with Gasteiger partial charge in [0.15, 0.2) is 0 Å². The van der Waals surface area contributed by atoms with Gasteiger partial charge in [0.2, 0.25) is 0 Å². The van der Waals surface area contributed by atoms with Crippen LogP contribution in [0.5, 0.6) is 0 Å². The van der Waals surface area contributed by atoms with Gasteiger partial charge in [-0.3, -0.25) is 0 Å². The third kappa shape index (κ3) is 51.8. The van der Waals surface area contributed by atoms with Crippen LogP contribution in [0.25, 0.3) is 0 Å². The van der Waals surface area contributed by atoms with Crippen molar-refractivity contribution < 1.29 is 4.74 Å². The van der Waals surface area contributed by atoms with E-state index >= 15 is 0 Å². The molecular formula is C9H18O. The summed E-state index contributed by atoms with van der Waals surface area (Å²) in [6.07, 6.45) is 4.08. The molecule has 1 heterocycles. The molecule has 1 fully saturated rings. The van der Waals surface area contributed by atoms with Crippen LogP contribution in [-0.2, 0) is 4.74 Å². The molecule has 1 atom stereocenters. The zero-order valence-electron chi connectivity index (χ0n) is 7.26. The zero-order valence-corrected chi connectivity index (χ0v) is 7.26. The monoisotopic (exact) mass is 142 g/mol. The molecule has 0 aromatic carbocycles. The van der Waals surface area contributed by atoms with Crippen LogP contribution >= 0.6 is 0 Å². The lowest BCUT2D eigenvalue weighted by Crippen LogP contribution is -1.60. The van der Waals surface area contributed by atoms with Crippen molar-refractivity contribution in [1.82, 2.24) is 0 Å². The van der Waals surface area contributed by atoms with E-state index in [1.165, 1.54) is 0 Å². The summed E-state index contributed by atoms with van der Waals surface area (Å²) in [4.78, 5) is 0. The molecule has 0 amide bonds. The van der Waals surface area contributed by atoms with Gasteiger partial charge in [-0.1, -0.05) is 12.2 Å². The number of epoxide rings is 1. The number of ether oxygens (including phenoxy) is 1. The van der Waals surface area contributed by atoms with Crippen molar-refractivity contribution in [3.8, 4) is 0 Å². The van der Waals surface area contributed by atoms with Gasteiger partial charge in [0.1, 0.15) is 0 Å². The topological polar surface area (TPSA) is 12.5 Å². The van der Waals surface area contributed by atoms with Crippen molar-refractivity contribution in [3.05, 3.63) is 25.3 Å². The van der Waals surface area contributed by atoms with Gasteiger partial charge in [-0.2, -0.15) is 0 Å². The summed E-state index contributed by atoms with van der Waals surface area (Å²) >= 11 is 0. The van der Waals surface area contributed by atoms with Gasteiger partial charge in [0, 0.05) is 0 Å². The van der Waals surface area contributed by atoms with Crippen molar-refractivity contribution in [1.29, 1.82) is 0 Å². The number of hydrogen-bond acceptors (Lipinski definition) is 1. The van der Waals surface area contributed by atoms with Crippen molar-refractivity contribution in [2.24, 2.45) is 0 Å². The summed E-state index contributed by atoms with van der Waals surface area (Å²) in [7, 11) is 0. The van der Waals surface area contributed by atoms with Crippen molar-refractivity contribution >= 4 is 0 Å². The highest BCUT2D eigenvalue weighted by molar-refractivity contribution is 4.58. The van der Waals surface area contributed by atoms with Gasteiger partial charge in [0.05, 0.1) is 12.7 Å². The minimum atomic E-state index is 0.583. The van der Waals surface area contributed by atoms with Crippen LogP contribution in [0.4, 0.5) is 0 Å². The van der Waals surface area contributed by atoms with E-state index in [4.69, 9.17) is 4.74 Å². The molecule has 1 unspecified atom stereocenters. The maximum Gasteiger partial charge on any atom is 0.0781 e. The summed E-state index contributed by atoms with van der Waals surface area (Å²) in [5.74, 6) is 0. The van der Waals surface area contributed by atoms with Crippen LogP contribution in [0.2, 0.25) is 0 Å². The van der Waals surface area contributed by atoms with E-state index in [-0.39, 0.29) is 0 Å². The Morgan fingerprint density at radius 3 is 1.40 bits per heavy atom. The van der Waals surface area contributed by atoms with Gasteiger partial charge >= 0.3 is 0 Å². The highest BCUT2D eigenvalue weighted by atomic mass is 16.6. The molecule has 0 saturated carbocycles. The van der Waals surface area contributed by atoms with Gasteiger partial charge in [-0.25, -0.2) is 0 Å². The first-order chi connectivity index (χ1) is 4.72. The number of allylic oxidation sites excluding steroid dienone is 2. The van der Waals surface area contributed by atoms with Gasteiger partial charge < -0.3 is 4.74 Å². The maximum atomic E-state index is 4.71. The summed E-state index contributed by atoms with van der Waals surface area (Å²) < 4.78 is 4.71. The highest BCUT2D eigenvalue weighted by Gasteiger charge is 2.13. The average molecular weight is 142 g/mol.